The smallest absolute Gasteiger partial charge is 0.253 e. The molecule has 0 atom stereocenters. The van der Waals surface area contributed by atoms with Crippen molar-refractivity contribution in [2.24, 2.45) is 5.92 Å². The van der Waals surface area contributed by atoms with Gasteiger partial charge in [0.25, 0.3) is 5.91 Å². The van der Waals surface area contributed by atoms with Gasteiger partial charge in [-0.3, -0.25) is 9.59 Å². The van der Waals surface area contributed by atoms with E-state index in [0.717, 1.165) is 29.7 Å². The van der Waals surface area contributed by atoms with E-state index < -0.39 is 0 Å². The van der Waals surface area contributed by atoms with E-state index in [1.165, 1.54) is 0 Å². The van der Waals surface area contributed by atoms with Gasteiger partial charge < -0.3 is 19.1 Å². The van der Waals surface area contributed by atoms with Crippen LogP contribution in [-0.2, 0) is 11.3 Å². The average Bonchev–Trinajstić information content (AvgIpc) is 3.53. The third kappa shape index (κ3) is 4.82. The van der Waals surface area contributed by atoms with E-state index in [0.29, 0.717) is 43.1 Å². The van der Waals surface area contributed by atoms with E-state index in [9.17, 15) is 9.59 Å². The highest BCUT2D eigenvalue weighted by Gasteiger charge is 2.25. The van der Waals surface area contributed by atoms with E-state index in [1.807, 2.05) is 47.4 Å². The lowest BCUT2D eigenvalue weighted by molar-refractivity contribution is -0.122. The molecule has 1 aliphatic heterocycles. The number of nitrogens with zero attached hydrogens (tertiary/aromatic N) is 2. The summed E-state index contributed by atoms with van der Waals surface area (Å²) in [5.41, 5.74) is 2.82. The summed E-state index contributed by atoms with van der Waals surface area (Å²) in [6.45, 7) is 1.68. The Kier molecular flexibility index (Phi) is 5.93. The van der Waals surface area contributed by atoms with Crippen LogP contribution in [0.25, 0.3) is 22.6 Å². The molecule has 0 saturated carbocycles. The minimum atomic E-state index is -0.0183. The molecule has 1 fully saturated rings. The fraction of sp³-hybridized carbons (Fsp3) is 0.269. The maximum absolute atomic E-state index is 13.1. The van der Waals surface area contributed by atoms with Crippen molar-refractivity contribution in [3.05, 3.63) is 78.3 Å². The highest BCUT2D eigenvalue weighted by atomic mass is 16.3. The van der Waals surface area contributed by atoms with Gasteiger partial charge >= 0.3 is 0 Å². The number of nitrogens with one attached hydrogen (secondary N) is 1. The second-order valence-corrected chi connectivity index (χ2v) is 8.36. The van der Waals surface area contributed by atoms with Gasteiger partial charge in [0.15, 0.2) is 5.58 Å². The van der Waals surface area contributed by atoms with E-state index in [1.54, 1.807) is 24.5 Å². The van der Waals surface area contributed by atoms with Crippen molar-refractivity contribution in [1.29, 1.82) is 0 Å². The lowest BCUT2D eigenvalue weighted by Gasteiger charge is -2.31. The number of benzene rings is 2. The van der Waals surface area contributed by atoms with Crippen LogP contribution < -0.4 is 5.32 Å². The Morgan fingerprint density at radius 2 is 1.85 bits per heavy atom. The molecule has 7 nitrogen and oxygen atoms in total. The number of piperidine rings is 1. The van der Waals surface area contributed by atoms with Gasteiger partial charge in [-0.2, -0.15) is 0 Å². The fourth-order valence-electron chi connectivity index (χ4n) is 4.22. The van der Waals surface area contributed by atoms with Gasteiger partial charge in [-0.25, -0.2) is 4.98 Å². The molecule has 168 valence electrons. The molecule has 4 aromatic rings. The van der Waals surface area contributed by atoms with Crippen molar-refractivity contribution >= 4 is 22.9 Å². The third-order valence-corrected chi connectivity index (χ3v) is 6.07. The van der Waals surface area contributed by atoms with Crippen molar-refractivity contribution in [2.75, 3.05) is 13.1 Å². The van der Waals surface area contributed by atoms with Gasteiger partial charge in [-0.15, -0.1) is 0 Å². The van der Waals surface area contributed by atoms with Crippen LogP contribution in [0.5, 0.6) is 0 Å². The first-order valence-electron chi connectivity index (χ1n) is 11.2. The highest BCUT2D eigenvalue weighted by molar-refractivity contribution is 5.97. The summed E-state index contributed by atoms with van der Waals surface area (Å²) in [6.07, 6.45) is 3.68. The Bertz CT molecular complexity index is 1240. The number of carbonyl (C=O) groups excluding carboxylic acids is 2. The van der Waals surface area contributed by atoms with Crippen molar-refractivity contribution in [2.45, 2.75) is 25.8 Å². The van der Waals surface area contributed by atoms with Gasteiger partial charge in [-0.1, -0.05) is 18.2 Å². The average molecular weight is 444 g/mol. The number of carbonyl (C=O) groups is 2. The largest absolute Gasteiger partial charge is 0.467 e. The van der Waals surface area contributed by atoms with Crippen LogP contribution in [-0.4, -0.2) is 34.8 Å². The maximum Gasteiger partial charge on any atom is 0.253 e. The molecule has 0 bridgehead atoms. The van der Waals surface area contributed by atoms with Crippen LogP contribution in [0.15, 0.2) is 75.8 Å². The summed E-state index contributed by atoms with van der Waals surface area (Å²) in [5.74, 6) is 1.55. The fourth-order valence-corrected chi connectivity index (χ4v) is 4.22. The standard InChI is InChI=1S/C26H25N3O4/c30-24(27-17-21-7-4-14-32-21)15-18-10-12-29(13-11-18)26(31)20-8-9-22-23(16-20)33-25(28-22)19-5-2-1-3-6-19/h1-9,14,16,18H,10-13,15,17H2,(H,27,30). The SMILES string of the molecule is O=C(CC1CCN(C(=O)c2ccc3nc(-c4ccccc4)oc3c2)CC1)NCc1ccco1. The lowest BCUT2D eigenvalue weighted by atomic mass is 9.93. The summed E-state index contributed by atoms with van der Waals surface area (Å²) in [5, 5.41) is 2.89. The van der Waals surface area contributed by atoms with Crippen LogP contribution in [0.3, 0.4) is 0 Å². The normalized spacial score (nSPS) is 14.5. The van der Waals surface area contributed by atoms with Gasteiger partial charge in [0.1, 0.15) is 11.3 Å². The second kappa shape index (κ2) is 9.32. The number of aromatic nitrogens is 1. The first-order valence-corrected chi connectivity index (χ1v) is 11.2. The zero-order valence-corrected chi connectivity index (χ0v) is 18.2. The Labute approximate surface area is 191 Å². The Morgan fingerprint density at radius 3 is 2.61 bits per heavy atom. The molecule has 2 aromatic heterocycles. The second-order valence-electron chi connectivity index (χ2n) is 8.36. The molecule has 1 N–H and O–H groups in total. The zero-order valence-electron chi connectivity index (χ0n) is 18.2. The van der Waals surface area contributed by atoms with Gasteiger partial charge in [0.2, 0.25) is 11.8 Å². The molecule has 33 heavy (non-hydrogen) atoms. The van der Waals surface area contributed by atoms with Crippen molar-refractivity contribution < 1.29 is 18.4 Å². The molecule has 0 radical (unpaired) electrons. The molecule has 1 aliphatic rings. The number of furan rings is 1. The number of amides is 2. The monoisotopic (exact) mass is 443 g/mol. The molecule has 1 saturated heterocycles. The quantitative estimate of drug-likeness (QED) is 0.469. The van der Waals surface area contributed by atoms with Crippen LogP contribution in [0.4, 0.5) is 0 Å². The number of rotatable bonds is 6. The van der Waals surface area contributed by atoms with Gasteiger partial charge in [0.05, 0.1) is 12.8 Å². The number of hydrogen-bond donors (Lipinski definition) is 1. The van der Waals surface area contributed by atoms with Crippen LogP contribution in [0, 0.1) is 5.92 Å². The Hall–Kier alpha value is -3.87. The minimum Gasteiger partial charge on any atom is -0.467 e. The first-order chi connectivity index (χ1) is 16.2. The molecule has 0 aliphatic carbocycles. The van der Waals surface area contributed by atoms with Gasteiger partial charge in [0, 0.05) is 30.6 Å². The molecule has 7 heteroatoms. The molecule has 0 unspecified atom stereocenters. The van der Waals surface area contributed by atoms with Crippen LogP contribution >= 0.6 is 0 Å². The topological polar surface area (TPSA) is 88.6 Å². The third-order valence-electron chi connectivity index (χ3n) is 6.07. The highest BCUT2D eigenvalue weighted by Crippen LogP contribution is 2.26. The molecule has 3 heterocycles. The van der Waals surface area contributed by atoms with Crippen molar-refractivity contribution in [1.82, 2.24) is 15.2 Å². The number of oxazole rings is 1. The molecule has 2 aromatic carbocycles. The molecule has 2 amide bonds. The van der Waals surface area contributed by atoms with E-state index in [2.05, 4.69) is 10.3 Å². The number of likely N-dealkylation sites (tertiary alicyclic amines) is 1. The lowest BCUT2D eigenvalue weighted by Crippen LogP contribution is -2.39. The molecular formula is C26H25N3O4. The van der Waals surface area contributed by atoms with E-state index in [-0.39, 0.29) is 17.7 Å². The van der Waals surface area contributed by atoms with E-state index in [4.69, 9.17) is 8.83 Å². The predicted molar refractivity (Wildman–Crippen MR) is 123 cm³/mol. The zero-order chi connectivity index (χ0) is 22.6. The summed E-state index contributed by atoms with van der Waals surface area (Å²) >= 11 is 0. The summed E-state index contributed by atoms with van der Waals surface area (Å²) in [6, 6.07) is 18.7. The van der Waals surface area contributed by atoms with E-state index >= 15 is 0 Å². The summed E-state index contributed by atoms with van der Waals surface area (Å²) < 4.78 is 11.1. The maximum atomic E-state index is 13.1. The number of fused-ring (bicyclic) bond motifs is 1. The first kappa shape index (κ1) is 21.0. The van der Waals surface area contributed by atoms with Crippen molar-refractivity contribution in [3.8, 4) is 11.5 Å². The Balaban J connectivity index is 1.17. The summed E-state index contributed by atoms with van der Waals surface area (Å²) in [7, 11) is 0. The summed E-state index contributed by atoms with van der Waals surface area (Å²) in [4.78, 5) is 31.7. The number of hydrogen-bond acceptors (Lipinski definition) is 5. The Morgan fingerprint density at radius 1 is 1.03 bits per heavy atom. The van der Waals surface area contributed by atoms with Crippen LogP contribution in [0.2, 0.25) is 0 Å². The minimum absolute atomic E-state index is 0.0150. The molecular weight excluding hydrogens is 418 g/mol. The van der Waals surface area contributed by atoms with Crippen LogP contribution in [0.1, 0.15) is 35.4 Å². The predicted octanol–water partition coefficient (Wildman–Crippen LogP) is 4.65. The van der Waals surface area contributed by atoms with Crippen molar-refractivity contribution in [3.63, 3.8) is 0 Å². The van der Waals surface area contributed by atoms with Gasteiger partial charge in [-0.05, 0) is 61.2 Å². The molecule has 5 rings (SSSR count). The molecule has 0 spiro atoms.